The molecule has 1 amide bonds. The maximum Gasteiger partial charge on any atom is 0.317 e. The molecule has 0 radical (unpaired) electrons. The summed E-state index contributed by atoms with van der Waals surface area (Å²) in [6.45, 7) is 0.500. The van der Waals surface area contributed by atoms with E-state index in [9.17, 15) is 9.59 Å². The number of hydrogen-bond donors (Lipinski definition) is 1. The van der Waals surface area contributed by atoms with Gasteiger partial charge in [0.25, 0.3) is 5.91 Å². The van der Waals surface area contributed by atoms with Gasteiger partial charge in [0.05, 0.1) is 5.41 Å². The summed E-state index contributed by atoms with van der Waals surface area (Å²) in [6.07, 6.45) is 7.68. The summed E-state index contributed by atoms with van der Waals surface area (Å²) in [5, 5.41) is 3.54. The van der Waals surface area contributed by atoms with Crippen molar-refractivity contribution in [2.24, 2.45) is 5.92 Å². The summed E-state index contributed by atoms with van der Waals surface area (Å²) >= 11 is 5.89. The normalized spacial score (nSPS) is 19.5. The van der Waals surface area contributed by atoms with Crippen LogP contribution in [0.2, 0.25) is 5.02 Å². The highest BCUT2D eigenvalue weighted by Crippen LogP contribution is 2.49. The average molecular weight is 350 g/mol. The summed E-state index contributed by atoms with van der Waals surface area (Å²) < 4.78 is 5.27. The average Bonchev–Trinajstić information content (AvgIpc) is 3.41. The van der Waals surface area contributed by atoms with Crippen molar-refractivity contribution in [3.63, 3.8) is 0 Å². The van der Waals surface area contributed by atoms with E-state index in [1.807, 2.05) is 12.1 Å². The van der Waals surface area contributed by atoms with Gasteiger partial charge in [0.2, 0.25) is 0 Å². The number of nitrogens with one attached hydrogen (secondary N) is 1. The fourth-order valence-electron chi connectivity index (χ4n) is 3.47. The van der Waals surface area contributed by atoms with Crippen LogP contribution in [0.5, 0.6) is 0 Å². The van der Waals surface area contributed by atoms with E-state index in [1.165, 1.54) is 32.1 Å². The number of hydrogen-bond acceptors (Lipinski definition) is 3. The molecule has 1 N–H and O–H groups in total. The first-order valence-corrected chi connectivity index (χ1v) is 9.18. The van der Waals surface area contributed by atoms with Crippen LogP contribution in [0.4, 0.5) is 0 Å². The van der Waals surface area contributed by atoms with Crippen LogP contribution in [-0.2, 0) is 19.7 Å². The van der Waals surface area contributed by atoms with E-state index in [-0.39, 0.29) is 18.5 Å². The van der Waals surface area contributed by atoms with Crippen LogP contribution < -0.4 is 5.32 Å². The van der Waals surface area contributed by atoms with E-state index >= 15 is 0 Å². The third kappa shape index (κ3) is 4.10. The first kappa shape index (κ1) is 17.3. The molecule has 5 heteroatoms. The standard InChI is InChI=1S/C19H24ClNO3/c20-16-8-6-15(7-9-16)19(10-11-19)18(23)24-13-17(22)21-12-14-4-2-1-3-5-14/h6-9,14H,1-5,10-13H2,(H,21,22). The molecule has 130 valence electrons. The van der Waals surface area contributed by atoms with Gasteiger partial charge < -0.3 is 10.1 Å². The number of amides is 1. The number of carbonyl (C=O) groups excluding carboxylic acids is 2. The largest absolute Gasteiger partial charge is 0.455 e. The maximum absolute atomic E-state index is 12.4. The molecule has 0 aromatic heterocycles. The highest BCUT2D eigenvalue weighted by Gasteiger charge is 2.52. The van der Waals surface area contributed by atoms with Crippen LogP contribution in [0, 0.1) is 5.92 Å². The van der Waals surface area contributed by atoms with Crippen molar-refractivity contribution in [1.29, 1.82) is 0 Å². The molecule has 4 nitrogen and oxygen atoms in total. The molecule has 2 saturated carbocycles. The lowest BCUT2D eigenvalue weighted by Crippen LogP contribution is -2.35. The number of carbonyl (C=O) groups is 2. The van der Waals surface area contributed by atoms with Gasteiger partial charge in [0, 0.05) is 11.6 Å². The topological polar surface area (TPSA) is 55.4 Å². The number of halogens is 1. The molecule has 0 saturated heterocycles. The van der Waals surface area contributed by atoms with Crippen LogP contribution in [0.3, 0.4) is 0 Å². The van der Waals surface area contributed by atoms with Crippen molar-refractivity contribution in [2.75, 3.05) is 13.2 Å². The second-order valence-corrected chi connectivity index (χ2v) is 7.41. The number of esters is 1. The van der Waals surface area contributed by atoms with E-state index in [0.717, 1.165) is 18.4 Å². The van der Waals surface area contributed by atoms with Gasteiger partial charge in [-0.2, -0.15) is 0 Å². The fourth-order valence-corrected chi connectivity index (χ4v) is 3.60. The van der Waals surface area contributed by atoms with Crippen LogP contribution in [-0.4, -0.2) is 25.0 Å². The maximum atomic E-state index is 12.4. The van der Waals surface area contributed by atoms with E-state index < -0.39 is 5.41 Å². The van der Waals surface area contributed by atoms with Gasteiger partial charge in [-0.25, -0.2) is 0 Å². The molecule has 1 aromatic carbocycles. The Kier molecular flexibility index (Phi) is 5.44. The molecule has 2 aliphatic carbocycles. The van der Waals surface area contributed by atoms with Crippen molar-refractivity contribution < 1.29 is 14.3 Å². The Balaban J connectivity index is 1.45. The second-order valence-electron chi connectivity index (χ2n) is 6.97. The molecule has 0 atom stereocenters. The Hall–Kier alpha value is -1.55. The predicted molar refractivity (Wildman–Crippen MR) is 92.9 cm³/mol. The van der Waals surface area contributed by atoms with E-state index in [1.54, 1.807) is 12.1 Å². The zero-order valence-electron chi connectivity index (χ0n) is 13.9. The zero-order valence-corrected chi connectivity index (χ0v) is 14.6. The van der Waals surface area contributed by atoms with Crippen molar-refractivity contribution in [1.82, 2.24) is 5.32 Å². The van der Waals surface area contributed by atoms with E-state index in [4.69, 9.17) is 16.3 Å². The summed E-state index contributed by atoms with van der Waals surface area (Å²) in [5.74, 6) is 0.0562. The van der Waals surface area contributed by atoms with Crippen LogP contribution in [0.15, 0.2) is 24.3 Å². The van der Waals surface area contributed by atoms with Gasteiger partial charge >= 0.3 is 5.97 Å². The highest BCUT2D eigenvalue weighted by molar-refractivity contribution is 6.30. The summed E-state index contributed by atoms with van der Waals surface area (Å²) in [7, 11) is 0. The number of ether oxygens (including phenoxy) is 1. The second kappa shape index (κ2) is 7.56. The van der Waals surface area contributed by atoms with Gasteiger partial charge in [-0.05, 0) is 49.3 Å². The molecule has 2 aliphatic rings. The van der Waals surface area contributed by atoms with Gasteiger partial charge in [-0.15, -0.1) is 0 Å². The molecule has 0 unspecified atom stereocenters. The lowest BCUT2D eigenvalue weighted by atomic mass is 9.89. The molecular formula is C19H24ClNO3. The molecule has 0 heterocycles. The molecule has 1 aromatic rings. The minimum Gasteiger partial charge on any atom is -0.455 e. The molecule has 3 rings (SSSR count). The van der Waals surface area contributed by atoms with Gasteiger partial charge in [0.15, 0.2) is 6.61 Å². The van der Waals surface area contributed by atoms with Crippen LogP contribution in [0.1, 0.15) is 50.5 Å². The summed E-state index contributed by atoms with van der Waals surface area (Å²) in [4.78, 5) is 24.3. The van der Waals surface area contributed by atoms with E-state index in [2.05, 4.69) is 5.32 Å². The monoisotopic (exact) mass is 349 g/mol. The number of benzene rings is 1. The van der Waals surface area contributed by atoms with E-state index in [0.29, 0.717) is 17.5 Å². The molecule has 24 heavy (non-hydrogen) atoms. The van der Waals surface area contributed by atoms with Crippen molar-refractivity contribution in [3.05, 3.63) is 34.9 Å². The Bertz CT molecular complexity index is 589. The Labute approximate surface area is 147 Å². The van der Waals surface area contributed by atoms with Gasteiger partial charge in [-0.1, -0.05) is 43.0 Å². The summed E-state index contributed by atoms with van der Waals surface area (Å²) in [5.41, 5.74) is 0.341. The molecular weight excluding hydrogens is 326 g/mol. The fraction of sp³-hybridized carbons (Fsp3) is 0.579. The minimum absolute atomic E-state index is 0.194. The Morgan fingerprint density at radius 3 is 2.42 bits per heavy atom. The predicted octanol–water partition coefficient (Wildman–Crippen LogP) is 3.61. The first-order valence-electron chi connectivity index (χ1n) is 8.80. The lowest BCUT2D eigenvalue weighted by molar-refractivity contribution is -0.151. The molecule has 2 fully saturated rings. The van der Waals surface area contributed by atoms with Crippen LogP contribution in [0.25, 0.3) is 0 Å². The first-order chi connectivity index (χ1) is 11.6. The number of rotatable bonds is 6. The molecule has 0 bridgehead atoms. The smallest absolute Gasteiger partial charge is 0.317 e. The van der Waals surface area contributed by atoms with Crippen molar-refractivity contribution in [3.8, 4) is 0 Å². The minimum atomic E-state index is -0.575. The van der Waals surface area contributed by atoms with Crippen LogP contribution >= 0.6 is 11.6 Å². The SMILES string of the molecule is O=C(COC(=O)C1(c2ccc(Cl)cc2)CC1)NCC1CCCCC1. The zero-order chi connectivity index (χ0) is 17.0. The molecule has 0 aliphatic heterocycles. The van der Waals surface area contributed by atoms with Crippen molar-refractivity contribution >= 4 is 23.5 Å². The molecule has 0 spiro atoms. The third-order valence-corrected chi connectivity index (χ3v) is 5.44. The summed E-state index contributed by atoms with van der Waals surface area (Å²) in [6, 6.07) is 7.28. The van der Waals surface area contributed by atoms with Crippen molar-refractivity contribution in [2.45, 2.75) is 50.4 Å². The van der Waals surface area contributed by atoms with Gasteiger partial charge in [0.1, 0.15) is 0 Å². The Morgan fingerprint density at radius 1 is 1.12 bits per heavy atom. The Morgan fingerprint density at radius 2 is 1.79 bits per heavy atom. The highest BCUT2D eigenvalue weighted by atomic mass is 35.5. The quantitative estimate of drug-likeness (QED) is 0.798. The third-order valence-electron chi connectivity index (χ3n) is 5.18. The lowest BCUT2D eigenvalue weighted by Gasteiger charge is -2.21. The van der Waals surface area contributed by atoms with Gasteiger partial charge in [-0.3, -0.25) is 9.59 Å².